The molecule has 0 aromatic heterocycles. The summed E-state index contributed by atoms with van der Waals surface area (Å²) < 4.78 is 0. The fourth-order valence-electron chi connectivity index (χ4n) is 16.5. The smallest absolute Gasteiger partial charge is 0.195 e. The molecule has 1 radical (unpaired) electrons. The third kappa shape index (κ3) is 14.6. The Kier molecular flexibility index (Phi) is 23.5. The van der Waals surface area contributed by atoms with Crippen LogP contribution < -0.4 is 87.4 Å². The Balaban J connectivity index is 0.000000127. The van der Waals surface area contributed by atoms with Gasteiger partial charge >= 0.3 is 20.1 Å². The van der Waals surface area contributed by atoms with Crippen molar-refractivity contribution in [1.29, 1.82) is 0 Å². The summed E-state index contributed by atoms with van der Waals surface area (Å²) >= 11 is 0. The van der Waals surface area contributed by atoms with Crippen molar-refractivity contribution >= 4 is 112 Å². The first-order valence-corrected chi connectivity index (χ1v) is 35.2. The summed E-state index contributed by atoms with van der Waals surface area (Å²) in [5, 5.41) is 0. The molecule has 0 amide bonds. The van der Waals surface area contributed by atoms with Gasteiger partial charge in [0.05, 0.1) is 0 Å². The molecular formula is C96H80B4Tc. The maximum absolute atomic E-state index is 2.26. The standard InChI is InChI=1S/4C24H20B.Tc/c4*1-5-13-21(14-6-1)25(22-15-7-2-8-16-22,23-17-9-3-10-18-23)24-19-11-4-12-20-24;/h4*1-20H;/q4*-1;+4. The molecule has 16 rings (SSSR count). The molecule has 0 aliphatic carbocycles. The molecule has 16 aromatic carbocycles. The summed E-state index contributed by atoms with van der Waals surface area (Å²) in [7, 11) is 0. The fraction of sp³-hybridized carbons (Fsp3) is 0. The van der Waals surface area contributed by atoms with E-state index >= 15 is 0 Å². The summed E-state index contributed by atoms with van der Waals surface area (Å²) in [4.78, 5) is 0. The number of hydrogen-bond acceptors (Lipinski definition) is 0. The molecule has 0 bridgehead atoms. The van der Waals surface area contributed by atoms with E-state index in [0.29, 0.717) is 0 Å². The molecule has 0 N–H and O–H groups in total. The Morgan fingerprint density at radius 3 is 0.178 bits per heavy atom. The van der Waals surface area contributed by atoms with E-state index in [-0.39, 0.29) is 20.1 Å². The monoisotopic (exact) mass is 1370 g/mol. The van der Waals surface area contributed by atoms with Crippen LogP contribution in [0.5, 0.6) is 0 Å². The van der Waals surface area contributed by atoms with Crippen molar-refractivity contribution in [2.24, 2.45) is 0 Å². The van der Waals surface area contributed by atoms with Gasteiger partial charge in [-0.1, -0.05) is 485 Å². The molecule has 0 aliphatic rings. The van der Waals surface area contributed by atoms with Crippen LogP contribution in [0.1, 0.15) is 0 Å². The zero-order chi connectivity index (χ0) is 67.8. The maximum Gasteiger partial charge on any atom is 4.00 e. The van der Waals surface area contributed by atoms with Crippen molar-refractivity contribution in [3.63, 3.8) is 0 Å². The van der Waals surface area contributed by atoms with E-state index < -0.39 is 24.6 Å². The largest absolute Gasteiger partial charge is 4.00 e. The van der Waals surface area contributed by atoms with E-state index in [9.17, 15) is 0 Å². The van der Waals surface area contributed by atoms with Gasteiger partial charge in [0.2, 0.25) is 0 Å². The Morgan fingerprint density at radius 2 is 0.129 bits per heavy atom. The van der Waals surface area contributed by atoms with Crippen molar-refractivity contribution in [2.75, 3.05) is 0 Å². The molecule has 0 unspecified atom stereocenters. The predicted octanol–water partition coefficient (Wildman–Crippen LogP) is 12.3. The molecule has 0 saturated carbocycles. The molecule has 0 spiro atoms. The van der Waals surface area contributed by atoms with Gasteiger partial charge in [-0.2, -0.15) is 87.4 Å². The predicted molar refractivity (Wildman–Crippen MR) is 440 cm³/mol. The van der Waals surface area contributed by atoms with Crippen LogP contribution in [-0.4, -0.2) is 24.6 Å². The first-order valence-electron chi connectivity index (χ1n) is 35.2. The van der Waals surface area contributed by atoms with Gasteiger partial charge in [-0.25, -0.2) is 0 Å². The number of hydrogen-bond donors (Lipinski definition) is 0. The van der Waals surface area contributed by atoms with Gasteiger partial charge in [-0.3, -0.25) is 0 Å². The Hall–Kier alpha value is -11.6. The maximum atomic E-state index is 2.26. The van der Waals surface area contributed by atoms with Crippen LogP contribution in [0.25, 0.3) is 0 Å². The molecule has 0 fully saturated rings. The van der Waals surface area contributed by atoms with Gasteiger partial charge in [0, 0.05) is 0 Å². The van der Waals surface area contributed by atoms with E-state index in [1.807, 2.05) is 0 Å². The second-order valence-electron chi connectivity index (χ2n) is 26.0. The molecule has 0 saturated heterocycles. The van der Waals surface area contributed by atoms with Gasteiger partial charge in [0.15, 0.2) is 0 Å². The van der Waals surface area contributed by atoms with E-state index in [1.54, 1.807) is 0 Å². The van der Waals surface area contributed by atoms with Crippen LogP contribution in [0.3, 0.4) is 0 Å². The van der Waals surface area contributed by atoms with Gasteiger partial charge in [-0.15, -0.1) is 0 Å². The molecule has 0 heterocycles. The quantitative estimate of drug-likeness (QED) is 0.0846. The average molecular weight is 1370 g/mol. The minimum atomic E-state index is -1.22. The minimum absolute atomic E-state index is 0. The van der Waals surface area contributed by atoms with Crippen molar-refractivity contribution < 1.29 is 20.1 Å². The van der Waals surface area contributed by atoms with Crippen LogP contribution in [0.15, 0.2) is 485 Å². The van der Waals surface area contributed by atoms with Crippen LogP contribution in [0.4, 0.5) is 0 Å². The SMILES string of the molecule is [Tc+4].c1ccc([B-](c2ccccc2)(c2ccccc2)c2ccccc2)cc1.c1ccc([B-](c2ccccc2)(c2ccccc2)c2ccccc2)cc1.c1ccc([B-](c2ccccc2)(c2ccccc2)c2ccccc2)cc1.c1ccc([B-](c2ccccc2)(c2ccccc2)c2ccccc2)cc1. The van der Waals surface area contributed by atoms with Crippen molar-refractivity contribution in [3.8, 4) is 0 Å². The average Bonchev–Trinajstić information content (AvgIpc) is 0.765. The van der Waals surface area contributed by atoms with Crippen LogP contribution in [0, 0.1) is 0 Å². The first-order chi connectivity index (χ1) is 49.7. The summed E-state index contributed by atoms with van der Waals surface area (Å²) in [6.45, 7) is 0. The van der Waals surface area contributed by atoms with Gasteiger partial charge in [-0.05, 0) is 0 Å². The summed E-state index contributed by atoms with van der Waals surface area (Å²) in [5.74, 6) is 0. The minimum Gasteiger partial charge on any atom is -0.195 e. The Morgan fingerprint density at radius 1 is 0.0792 bits per heavy atom. The van der Waals surface area contributed by atoms with Crippen LogP contribution in [-0.2, 0) is 20.1 Å². The molecular weight excluding hydrogens is 1290 g/mol. The zero-order valence-electron chi connectivity index (χ0n) is 56.9. The number of benzene rings is 16. The molecule has 0 nitrogen and oxygen atoms in total. The second kappa shape index (κ2) is 34.3. The molecule has 16 aromatic rings. The van der Waals surface area contributed by atoms with Crippen LogP contribution in [0.2, 0.25) is 0 Å². The Bertz CT molecular complexity index is 3670. The Labute approximate surface area is 612 Å². The molecule has 0 aliphatic heterocycles. The third-order valence-electron chi connectivity index (χ3n) is 20.8. The number of rotatable bonds is 16. The first kappa shape index (κ1) is 69.3. The molecule has 483 valence electrons. The topological polar surface area (TPSA) is 0 Å². The molecule has 101 heavy (non-hydrogen) atoms. The molecule has 5 heteroatoms. The summed E-state index contributed by atoms with van der Waals surface area (Å²) in [6, 6.07) is 174. The van der Waals surface area contributed by atoms with Gasteiger partial charge in [0.1, 0.15) is 24.6 Å². The van der Waals surface area contributed by atoms with E-state index in [4.69, 9.17) is 0 Å². The third-order valence-corrected chi connectivity index (χ3v) is 20.8. The van der Waals surface area contributed by atoms with E-state index in [2.05, 4.69) is 485 Å². The molecule has 0 atom stereocenters. The van der Waals surface area contributed by atoms with Gasteiger partial charge < -0.3 is 0 Å². The van der Waals surface area contributed by atoms with Crippen LogP contribution >= 0.6 is 0 Å². The fourth-order valence-corrected chi connectivity index (χ4v) is 16.5. The normalized spacial score (nSPS) is 11.1. The van der Waals surface area contributed by atoms with Crippen molar-refractivity contribution in [3.05, 3.63) is 485 Å². The van der Waals surface area contributed by atoms with Crippen molar-refractivity contribution in [2.45, 2.75) is 0 Å². The van der Waals surface area contributed by atoms with Crippen molar-refractivity contribution in [1.82, 2.24) is 0 Å². The summed E-state index contributed by atoms with van der Waals surface area (Å²) in [5.41, 5.74) is 21.4. The zero-order valence-corrected chi connectivity index (χ0v) is 58.7. The van der Waals surface area contributed by atoms with Gasteiger partial charge in [0.25, 0.3) is 0 Å². The van der Waals surface area contributed by atoms with E-state index in [0.717, 1.165) is 0 Å². The second-order valence-corrected chi connectivity index (χ2v) is 26.0. The van der Waals surface area contributed by atoms with E-state index in [1.165, 1.54) is 87.4 Å². The summed E-state index contributed by atoms with van der Waals surface area (Å²) in [6.07, 6.45) is -4.86.